The zero-order valence-electron chi connectivity index (χ0n) is 12.4. The first-order valence-corrected chi connectivity index (χ1v) is 8.63. The van der Waals surface area contributed by atoms with Gasteiger partial charge in [0.15, 0.2) is 0 Å². The number of halogens is 1. The van der Waals surface area contributed by atoms with Crippen molar-refractivity contribution in [1.29, 1.82) is 0 Å². The molecule has 22 heavy (non-hydrogen) atoms. The van der Waals surface area contributed by atoms with Crippen LogP contribution < -0.4 is 10.6 Å². The maximum absolute atomic E-state index is 12.5. The Bertz CT molecular complexity index is 590. The first-order chi connectivity index (χ1) is 10.4. The third-order valence-electron chi connectivity index (χ3n) is 3.60. The van der Waals surface area contributed by atoms with Crippen molar-refractivity contribution in [3.63, 3.8) is 0 Å². The zero-order valence-corrected chi connectivity index (χ0v) is 14.8. The van der Waals surface area contributed by atoms with Crippen LogP contribution in [0.25, 0.3) is 0 Å². The molecule has 0 spiro atoms. The monoisotopic (exact) mass is 387 g/mol. The molecule has 120 valence electrons. The number of hydrogen-bond donors (Lipinski definition) is 2. The van der Waals surface area contributed by atoms with Gasteiger partial charge in [0, 0.05) is 13.6 Å². The summed E-state index contributed by atoms with van der Waals surface area (Å²) >= 11 is 4.61. The lowest BCUT2D eigenvalue weighted by atomic mass is 10.2. The Kier molecular flexibility index (Phi) is 5.57. The number of likely N-dealkylation sites (N-methyl/N-ethyl adjacent to an activating group) is 1. The van der Waals surface area contributed by atoms with Crippen LogP contribution >= 0.6 is 27.3 Å². The summed E-state index contributed by atoms with van der Waals surface area (Å²) in [6.07, 6.45) is 1.45. The summed E-state index contributed by atoms with van der Waals surface area (Å²) < 4.78 is 0.857. The van der Waals surface area contributed by atoms with Crippen LogP contribution in [0.1, 0.15) is 29.4 Å². The average Bonchev–Trinajstić information content (AvgIpc) is 3.14. The molecule has 6 nitrogen and oxygen atoms in total. The molecule has 1 aliphatic rings. The van der Waals surface area contributed by atoms with Crippen molar-refractivity contribution in [2.45, 2.75) is 31.8 Å². The molecule has 0 saturated carbocycles. The van der Waals surface area contributed by atoms with E-state index in [1.54, 1.807) is 31.0 Å². The van der Waals surface area contributed by atoms with Crippen molar-refractivity contribution in [1.82, 2.24) is 15.5 Å². The van der Waals surface area contributed by atoms with Gasteiger partial charge >= 0.3 is 0 Å². The SMILES string of the molecule is CNC(=O)[C@@H]1CCCN1C(=O)C(C)NC(=O)c1ccc(Br)s1. The fourth-order valence-electron chi connectivity index (χ4n) is 2.48. The second-order valence-electron chi connectivity index (χ2n) is 5.10. The summed E-state index contributed by atoms with van der Waals surface area (Å²) in [6, 6.07) is 2.38. The van der Waals surface area contributed by atoms with Gasteiger partial charge in [-0.15, -0.1) is 11.3 Å². The third kappa shape index (κ3) is 3.67. The number of amides is 3. The summed E-state index contributed by atoms with van der Waals surface area (Å²) in [5, 5.41) is 5.27. The van der Waals surface area contributed by atoms with Crippen LogP contribution in [0, 0.1) is 0 Å². The summed E-state index contributed by atoms with van der Waals surface area (Å²) in [5.74, 6) is -0.672. The van der Waals surface area contributed by atoms with Crippen molar-refractivity contribution < 1.29 is 14.4 Å². The molecule has 2 heterocycles. The van der Waals surface area contributed by atoms with Gasteiger partial charge < -0.3 is 15.5 Å². The molecular weight excluding hydrogens is 370 g/mol. The van der Waals surface area contributed by atoms with Crippen LogP contribution in [0.2, 0.25) is 0 Å². The highest BCUT2D eigenvalue weighted by molar-refractivity contribution is 9.11. The van der Waals surface area contributed by atoms with E-state index in [1.807, 2.05) is 0 Å². The molecule has 1 unspecified atom stereocenters. The molecule has 2 N–H and O–H groups in total. The Morgan fingerprint density at radius 2 is 2.14 bits per heavy atom. The standard InChI is InChI=1S/C14H18BrN3O3S/c1-8(17-13(20)10-5-6-11(15)22-10)14(21)18-7-3-4-9(18)12(19)16-2/h5-6,8-9H,3-4,7H2,1-2H3,(H,16,19)(H,17,20)/t8?,9-/m0/s1. The lowest BCUT2D eigenvalue weighted by Gasteiger charge is -2.26. The van der Waals surface area contributed by atoms with E-state index >= 15 is 0 Å². The first-order valence-electron chi connectivity index (χ1n) is 7.02. The van der Waals surface area contributed by atoms with E-state index in [1.165, 1.54) is 11.3 Å². The number of nitrogens with one attached hydrogen (secondary N) is 2. The second-order valence-corrected chi connectivity index (χ2v) is 7.57. The van der Waals surface area contributed by atoms with Gasteiger partial charge in [0.25, 0.3) is 5.91 Å². The number of nitrogens with zero attached hydrogens (tertiary/aromatic N) is 1. The van der Waals surface area contributed by atoms with Crippen LogP contribution in [0.4, 0.5) is 0 Å². The quantitative estimate of drug-likeness (QED) is 0.818. The molecule has 0 bridgehead atoms. The average molecular weight is 388 g/mol. The number of hydrogen-bond acceptors (Lipinski definition) is 4. The fourth-order valence-corrected chi connectivity index (χ4v) is 3.77. The van der Waals surface area contributed by atoms with Crippen molar-refractivity contribution in [3.8, 4) is 0 Å². The Balaban J connectivity index is 1.99. The number of rotatable bonds is 4. The molecule has 0 aromatic carbocycles. The first kappa shape index (κ1) is 17.0. The molecule has 1 aromatic rings. The Morgan fingerprint density at radius 3 is 2.73 bits per heavy atom. The normalized spacial score (nSPS) is 18.9. The molecule has 2 rings (SSSR count). The maximum Gasteiger partial charge on any atom is 0.262 e. The summed E-state index contributed by atoms with van der Waals surface area (Å²) in [4.78, 5) is 38.5. The summed E-state index contributed by atoms with van der Waals surface area (Å²) in [6.45, 7) is 2.18. The lowest BCUT2D eigenvalue weighted by Crippen LogP contribution is -2.52. The van der Waals surface area contributed by atoms with E-state index in [9.17, 15) is 14.4 Å². The molecule has 2 atom stereocenters. The number of carbonyl (C=O) groups excluding carboxylic acids is 3. The Hall–Kier alpha value is -1.41. The zero-order chi connectivity index (χ0) is 16.3. The number of thiophene rings is 1. The largest absolute Gasteiger partial charge is 0.357 e. The van der Waals surface area contributed by atoms with Gasteiger partial charge in [-0.1, -0.05) is 0 Å². The van der Waals surface area contributed by atoms with E-state index in [-0.39, 0.29) is 17.7 Å². The molecule has 0 radical (unpaired) electrons. The van der Waals surface area contributed by atoms with Crippen molar-refractivity contribution in [3.05, 3.63) is 20.8 Å². The van der Waals surface area contributed by atoms with E-state index in [2.05, 4.69) is 26.6 Å². The highest BCUT2D eigenvalue weighted by Gasteiger charge is 2.35. The molecule has 1 aliphatic heterocycles. The molecule has 8 heteroatoms. The van der Waals surface area contributed by atoms with Gasteiger partial charge in [-0.2, -0.15) is 0 Å². The van der Waals surface area contributed by atoms with Gasteiger partial charge in [0.05, 0.1) is 8.66 Å². The fraction of sp³-hybridized carbons (Fsp3) is 0.500. The molecular formula is C14H18BrN3O3S. The summed E-state index contributed by atoms with van der Waals surface area (Å²) in [7, 11) is 1.56. The van der Waals surface area contributed by atoms with E-state index in [0.717, 1.165) is 10.2 Å². The van der Waals surface area contributed by atoms with Gasteiger partial charge in [0.2, 0.25) is 11.8 Å². The minimum atomic E-state index is -0.668. The lowest BCUT2D eigenvalue weighted by molar-refractivity contribution is -0.139. The van der Waals surface area contributed by atoms with E-state index < -0.39 is 12.1 Å². The van der Waals surface area contributed by atoms with Gasteiger partial charge in [-0.05, 0) is 47.8 Å². The number of likely N-dealkylation sites (tertiary alicyclic amines) is 1. The van der Waals surface area contributed by atoms with E-state index in [0.29, 0.717) is 17.8 Å². The predicted octanol–water partition coefficient (Wildman–Crippen LogP) is 1.37. The third-order valence-corrected chi connectivity index (χ3v) is 5.22. The number of carbonyl (C=O) groups is 3. The molecule has 1 fully saturated rings. The minimum absolute atomic E-state index is 0.161. The molecule has 1 aromatic heterocycles. The Morgan fingerprint density at radius 1 is 1.41 bits per heavy atom. The molecule has 0 aliphatic carbocycles. The van der Waals surface area contributed by atoms with Crippen molar-refractivity contribution in [2.24, 2.45) is 0 Å². The van der Waals surface area contributed by atoms with Crippen LogP contribution in [0.15, 0.2) is 15.9 Å². The van der Waals surface area contributed by atoms with Crippen molar-refractivity contribution in [2.75, 3.05) is 13.6 Å². The smallest absolute Gasteiger partial charge is 0.262 e. The van der Waals surface area contributed by atoms with Crippen molar-refractivity contribution >= 4 is 45.0 Å². The van der Waals surface area contributed by atoms with Gasteiger partial charge in [-0.3, -0.25) is 14.4 Å². The van der Waals surface area contributed by atoms with Crippen LogP contribution in [-0.2, 0) is 9.59 Å². The Labute approximate surface area is 141 Å². The van der Waals surface area contributed by atoms with Gasteiger partial charge in [0.1, 0.15) is 12.1 Å². The highest BCUT2D eigenvalue weighted by atomic mass is 79.9. The molecule has 1 saturated heterocycles. The van der Waals surface area contributed by atoms with E-state index in [4.69, 9.17) is 0 Å². The maximum atomic E-state index is 12.5. The van der Waals surface area contributed by atoms with Crippen LogP contribution in [0.5, 0.6) is 0 Å². The van der Waals surface area contributed by atoms with Crippen LogP contribution in [-0.4, -0.2) is 48.3 Å². The second kappa shape index (κ2) is 7.23. The van der Waals surface area contributed by atoms with Gasteiger partial charge in [-0.25, -0.2) is 0 Å². The predicted molar refractivity (Wildman–Crippen MR) is 87.7 cm³/mol. The highest BCUT2D eigenvalue weighted by Crippen LogP contribution is 2.22. The molecule has 3 amide bonds. The minimum Gasteiger partial charge on any atom is -0.357 e. The van der Waals surface area contributed by atoms with Crippen LogP contribution in [0.3, 0.4) is 0 Å². The topological polar surface area (TPSA) is 78.5 Å². The summed E-state index contributed by atoms with van der Waals surface area (Å²) in [5.41, 5.74) is 0.